The van der Waals surface area contributed by atoms with Crippen LogP contribution in [0.4, 0.5) is 0 Å². The molecule has 1 heterocycles. The molecule has 0 aliphatic carbocycles. The first-order valence-corrected chi connectivity index (χ1v) is 8.30. The van der Waals surface area contributed by atoms with E-state index < -0.39 is 5.97 Å². The van der Waals surface area contributed by atoms with Crippen molar-refractivity contribution in [3.8, 4) is 0 Å². The Morgan fingerprint density at radius 1 is 1.29 bits per heavy atom. The number of amides is 1. The maximum absolute atomic E-state index is 11.9. The zero-order valence-corrected chi connectivity index (χ0v) is 14.2. The Kier molecular flexibility index (Phi) is 7.21. The number of esters is 1. The molecular formula is C18H25NO5. The summed E-state index contributed by atoms with van der Waals surface area (Å²) in [7, 11) is 0. The van der Waals surface area contributed by atoms with Gasteiger partial charge in [-0.25, -0.2) is 4.79 Å². The average Bonchev–Trinajstić information content (AvgIpc) is 3.10. The molecule has 24 heavy (non-hydrogen) atoms. The molecule has 1 aliphatic rings. The number of carbonyl (C=O) groups is 2. The van der Waals surface area contributed by atoms with Gasteiger partial charge < -0.3 is 19.5 Å². The minimum absolute atomic E-state index is 0.0743. The van der Waals surface area contributed by atoms with Crippen LogP contribution in [-0.2, 0) is 25.6 Å². The highest BCUT2D eigenvalue weighted by Crippen LogP contribution is 2.10. The molecule has 1 fully saturated rings. The van der Waals surface area contributed by atoms with Gasteiger partial charge in [-0.3, -0.25) is 4.79 Å². The molecule has 0 unspecified atom stereocenters. The van der Waals surface area contributed by atoms with Gasteiger partial charge in [-0.15, -0.1) is 0 Å². The second kappa shape index (κ2) is 9.39. The Balaban J connectivity index is 1.70. The summed E-state index contributed by atoms with van der Waals surface area (Å²) in [5, 5.41) is 2.71. The minimum Gasteiger partial charge on any atom is -0.452 e. The molecule has 6 heteroatoms. The van der Waals surface area contributed by atoms with Gasteiger partial charge in [-0.2, -0.15) is 0 Å². The van der Waals surface area contributed by atoms with Gasteiger partial charge in [-0.1, -0.05) is 12.1 Å². The minimum atomic E-state index is -0.515. The van der Waals surface area contributed by atoms with Crippen molar-refractivity contribution in [1.82, 2.24) is 5.32 Å². The van der Waals surface area contributed by atoms with Gasteiger partial charge >= 0.3 is 5.97 Å². The molecule has 1 N–H and O–H groups in total. The highest BCUT2D eigenvalue weighted by atomic mass is 16.5. The second-order valence-electron chi connectivity index (χ2n) is 6.07. The van der Waals surface area contributed by atoms with Crippen LogP contribution in [0.5, 0.6) is 0 Å². The molecule has 0 spiro atoms. The van der Waals surface area contributed by atoms with Crippen LogP contribution in [0.1, 0.15) is 42.6 Å². The van der Waals surface area contributed by atoms with Gasteiger partial charge in [0, 0.05) is 13.2 Å². The summed E-state index contributed by atoms with van der Waals surface area (Å²) in [6.07, 6.45) is 2.20. The molecule has 0 saturated carbocycles. The van der Waals surface area contributed by atoms with Gasteiger partial charge in [0.25, 0.3) is 5.91 Å². The molecule has 0 bridgehead atoms. The quantitative estimate of drug-likeness (QED) is 0.736. The molecule has 1 amide bonds. The van der Waals surface area contributed by atoms with Crippen molar-refractivity contribution in [1.29, 1.82) is 0 Å². The fraction of sp³-hybridized carbons (Fsp3) is 0.556. The lowest BCUT2D eigenvalue weighted by Gasteiger charge is -2.11. The molecule has 1 saturated heterocycles. The van der Waals surface area contributed by atoms with Crippen molar-refractivity contribution in [2.75, 3.05) is 19.8 Å². The van der Waals surface area contributed by atoms with Gasteiger partial charge in [0.05, 0.1) is 24.4 Å². The maximum atomic E-state index is 11.9. The topological polar surface area (TPSA) is 73.9 Å². The largest absolute Gasteiger partial charge is 0.452 e. The van der Waals surface area contributed by atoms with Crippen molar-refractivity contribution >= 4 is 11.9 Å². The lowest BCUT2D eigenvalue weighted by atomic mass is 10.1. The first-order chi connectivity index (χ1) is 11.5. The van der Waals surface area contributed by atoms with E-state index in [4.69, 9.17) is 14.2 Å². The molecule has 1 aromatic carbocycles. The molecule has 1 atom stereocenters. The molecule has 1 aliphatic heterocycles. The van der Waals surface area contributed by atoms with Crippen molar-refractivity contribution in [3.05, 3.63) is 35.4 Å². The number of rotatable bonds is 8. The molecular weight excluding hydrogens is 310 g/mol. The Bertz CT molecular complexity index is 535. The van der Waals surface area contributed by atoms with Crippen LogP contribution in [0.25, 0.3) is 0 Å². The zero-order chi connectivity index (χ0) is 17.4. The Hall–Kier alpha value is -1.92. The molecule has 1 aromatic rings. The average molecular weight is 335 g/mol. The highest BCUT2D eigenvalue weighted by molar-refractivity contribution is 5.91. The summed E-state index contributed by atoms with van der Waals surface area (Å²) < 4.78 is 15.9. The van der Waals surface area contributed by atoms with E-state index in [2.05, 4.69) is 5.32 Å². The van der Waals surface area contributed by atoms with Crippen LogP contribution in [-0.4, -0.2) is 43.8 Å². The number of carbonyl (C=O) groups excluding carboxylic acids is 2. The van der Waals surface area contributed by atoms with Crippen LogP contribution in [0.2, 0.25) is 0 Å². The first kappa shape index (κ1) is 18.4. The van der Waals surface area contributed by atoms with E-state index in [-0.39, 0.29) is 24.7 Å². The van der Waals surface area contributed by atoms with E-state index in [1.807, 2.05) is 26.0 Å². The smallest absolute Gasteiger partial charge is 0.338 e. The zero-order valence-electron chi connectivity index (χ0n) is 14.2. The van der Waals surface area contributed by atoms with Crippen LogP contribution >= 0.6 is 0 Å². The number of hydrogen-bond donors (Lipinski definition) is 1. The van der Waals surface area contributed by atoms with E-state index >= 15 is 0 Å². The van der Waals surface area contributed by atoms with Crippen LogP contribution in [0.3, 0.4) is 0 Å². The first-order valence-electron chi connectivity index (χ1n) is 8.30. The summed E-state index contributed by atoms with van der Waals surface area (Å²) in [5.74, 6) is -0.834. The summed E-state index contributed by atoms with van der Waals surface area (Å²) >= 11 is 0. The summed E-state index contributed by atoms with van der Waals surface area (Å²) in [5.41, 5.74) is 1.39. The highest BCUT2D eigenvalue weighted by Gasteiger charge is 2.17. The van der Waals surface area contributed by atoms with Crippen LogP contribution in [0.15, 0.2) is 24.3 Å². The van der Waals surface area contributed by atoms with Crippen molar-refractivity contribution in [2.45, 2.75) is 45.5 Å². The van der Waals surface area contributed by atoms with Gasteiger partial charge in [-0.05, 0) is 44.4 Å². The van der Waals surface area contributed by atoms with Crippen LogP contribution < -0.4 is 5.32 Å². The van der Waals surface area contributed by atoms with E-state index in [9.17, 15) is 9.59 Å². The molecule has 2 rings (SSSR count). The van der Waals surface area contributed by atoms with E-state index in [0.29, 0.717) is 18.7 Å². The molecule has 6 nitrogen and oxygen atoms in total. The fourth-order valence-electron chi connectivity index (χ4n) is 2.30. The van der Waals surface area contributed by atoms with Crippen molar-refractivity contribution < 1.29 is 23.8 Å². The third-order valence-corrected chi connectivity index (χ3v) is 3.66. The molecule has 0 radical (unpaired) electrons. The normalized spacial score (nSPS) is 17.0. The predicted molar refractivity (Wildman–Crippen MR) is 88.6 cm³/mol. The van der Waals surface area contributed by atoms with Crippen molar-refractivity contribution in [3.63, 3.8) is 0 Å². The number of nitrogens with one attached hydrogen (secondary N) is 1. The molecule has 132 valence electrons. The fourth-order valence-corrected chi connectivity index (χ4v) is 2.30. The van der Waals surface area contributed by atoms with Gasteiger partial charge in [0.15, 0.2) is 6.61 Å². The Labute approximate surface area is 142 Å². The lowest BCUT2D eigenvalue weighted by Crippen LogP contribution is -2.34. The van der Waals surface area contributed by atoms with Crippen LogP contribution in [0, 0.1) is 0 Å². The monoisotopic (exact) mass is 335 g/mol. The SMILES string of the molecule is CC(C)OCc1ccc(C(=O)OCC(=O)NC[C@@H]2CCCO2)cc1. The number of hydrogen-bond acceptors (Lipinski definition) is 5. The van der Waals surface area contributed by atoms with E-state index in [1.165, 1.54) is 0 Å². The Morgan fingerprint density at radius 3 is 2.67 bits per heavy atom. The third kappa shape index (κ3) is 6.29. The Morgan fingerprint density at radius 2 is 2.04 bits per heavy atom. The molecule has 0 aromatic heterocycles. The summed E-state index contributed by atoms with van der Waals surface area (Å²) in [6, 6.07) is 6.98. The van der Waals surface area contributed by atoms with E-state index in [1.54, 1.807) is 12.1 Å². The maximum Gasteiger partial charge on any atom is 0.338 e. The van der Waals surface area contributed by atoms with E-state index in [0.717, 1.165) is 25.0 Å². The summed E-state index contributed by atoms with van der Waals surface area (Å²) in [6.45, 7) is 5.35. The summed E-state index contributed by atoms with van der Waals surface area (Å²) in [4.78, 5) is 23.6. The number of ether oxygens (including phenoxy) is 3. The standard InChI is InChI=1S/C18H25NO5/c1-13(2)23-11-14-5-7-15(8-6-14)18(21)24-12-17(20)19-10-16-4-3-9-22-16/h5-8,13,16H,3-4,9-12H2,1-2H3,(H,19,20)/t16-/m0/s1. The van der Waals surface area contributed by atoms with Gasteiger partial charge in [0.2, 0.25) is 0 Å². The van der Waals surface area contributed by atoms with Crippen molar-refractivity contribution in [2.24, 2.45) is 0 Å². The number of benzene rings is 1. The second-order valence-corrected chi connectivity index (χ2v) is 6.07. The third-order valence-electron chi connectivity index (χ3n) is 3.66. The predicted octanol–water partition coefficient (Wildman–Crippen LogP) is 2.06. The lowest BCUT2D eigenvalue weighted by molar-refractivity contribution is -0.124. The van der Waals surface area contributed by atoms with Gasteiger partial charge in [0.1, 0.15) is 0 Å².